The second-order valence-corrected chi connectivity index (χ2v) is 24.4. The van der Waals surface area contributed by atoms with E-state index in [9.17, 15) is 15.8 Å². The maximum atomic E-state index is 10.7. The number of nitrogens with zero attached hydrogens (tertiary/aromatic N) is 8. The highest BCUT2D eigenvalue weighted by atomic mass is 15.1. The van der Waals surface area contributed by atoms with Crippen LogP contribution in [0.1, 0.15) is 16.7 Å². The summed E-state index contributed by atoms with van der Waals surface area (Å²) in [6, 6.07) is 120. The second kappa shape index (κ2) is 24.6. The lowest BCUT2D eigenvalue weighted by Gasteiger charge is -2.19. The largest absolute Gasteiger partial charge is 0.308 e. The molecule has 0 atom stereocenters. The van der Waals surface area contributed by atoms with Gasteiger partial charge in [0, 0.05) is 38.2 Å². The van der Waals surface area contributed by atoms with Crippen molar-refractivity contribution in [3.05, 3.63) is 344 Å². The van der Waals surface area contributed by atoms with Crippen LogP contribution in [0.4, 0.5) is 0 Å². The van der Waals surface area contributed by atoms with Crippen LogP contribution in [0.25, 0.3) is 167 Å². The Morgan fingerprint density at radius 1 is 0.214 bits per heavy atom. The van der Waals surface area contributed by atoms with E-state index in [4.69, 9.17) is 15.0 Å². The molecule has 8 nitrogen and oxygen atoms in total. The van der Waals surface area contributed by atoms with Crippen LogP contribution in [0.3, 0.4) is 0 Å². The molecule has 17 rings (SSSR count). The van der Waals surface area contributed by atoms with E-state index in [2.05, 4.69) is 246 Å². The highest BCUT2D eigenvalue weighted by Gasteiger charge is 2.26. The predicted molar refractivity (Wildman–Crippen MR) is 397 cm³/mol. The van der Waals surface area contributed by atoms with E-state index in [1.807, 2.05) is 109 Å². The van der Waals surface area contributed by atoms with E-state index in [1.165, 1.54) is 0 Å². The molecule has 0 unspecified atom stereocenters. The lowest BCUT2D eigenvalue weighted by Crippen LogP contribution is -2.06. The summed E-state index contributed by atoms with van der Waals surface area (Å²) in [5, 5.41) is 35.5. The third-order valence-corrected chi connectivity index (χ3v) is 18.7. The van der Waals surface area contributed by atoms with Crippen LogP contribution in [0.5, 0.6) is 0 Å². The zero-order chi connectivity index (χ0) is 65.6. The van der Waals surface area contributed by atoms with Crippen molar-refractivity contribution in [1.82, 2.24) is 24.1 Å². The summed E-state index contributed by atoms with van der Waals surface area (Å²) < 4.78 is 4.66. The molecule has 0 saturated carbocycles. The highest BCUT2D eigenvalue weighted by Crippen LogP contribution is 2.45. The van der Waals surface area contributed by atoms with E-state index in [0.29, 0.717) is 45.3 Å². The third kappa shape index (κ3) is 10.4. The van der Waals surface area contributed by atoms with E-state index < -0.39 is 0 Å². The van der Waals surface area contributed by atoms with E-state index in [-0.39, 0.29) is 0 Å². The van der Waals surface area contributed by atoms with Gasteiger partial charge >= 0.3 is 0 Å². The number of hydrogen-bond donors (Lipinski definition) is 0. The molecule has 0 N–H and O–H groups in total. The Balaban J connectivity index is 0.967. The minimum Gasteiger partial charge on any atom is -0.308 e. The SMILES string of the molecule is N#Cc1ccc(-c2cccc(-c3nc(-c4ccc(-c5ccccc5C#N)cc4-n4c5ccc(-c6ccccc6)cc5c5cc(-c6ccccc6)ccc54)nc(-c4ccc(-c5ccccc5C#N)cc4-n4c5ccc(-c6ccccc6)cc5c5cc(-c6ccccc6)ccc54)n3)c2)cc1. The van der Waals surface area contributed by atoms with Gasteiger partial charge in [-0.3, -0.25) is 0 Å². The number of benzene rings is 14. The summed E-state index contributed by atoms with van der Waals surface area (Å²) in [5.74, 6) is 1.25. The number of aromatic nitrogens is 5. The Bertz CT molecular complexity index is 5610. The Kier molecular flexibility index (Phi) is 14.5. The molecule has 0 radical (unpaired) electrons. The first kappa shape index (κ1) is 58.0. The lowest BCUT2D eigenvalue weighted by atomic mass is 9.97. The quantitative estimate of drug-likeness (QED) is 0.120. The molecule has 98 heavy (non-hydrogen) atoms. The molecule has 0 aliphatic heterocycles. The minimum absolute atomic E-state index is 0.410. The van der Waals surface area contributed by atoms with Crippen molar-refractivity contribution in [3.63, 3.8) is 0 Å². The van der Waals surface area contributed by atoms with Gasteiger partial charge in [0.1, 0.15) is 0 Å². The van der Waals surface area contributed by atoms with Crippen molar-refractivity contribution in [2.75, 3.05) is 0 Å². The van der Waals surface area contributed by atoms with Crippen LogP contribution in [0, 0.1) is 34.0 Å². The van der Waals surface area contributed by atoms with Gasteiger partial charge in [-0.2, -0.15) is 15.8 Å². The van der Waals surface area contributed by atoms with Crippen molar-refractivity contribution < 1.29 is 0 Å². The topological polar surface area (TPSA) is 120 Å². The maximum Gasteiger partial charge on any atom is 0.166 e. The van der Waals surface area contributed by atoms with Gasteiger partial charge in [0.15, 0.2) is 17.5 Å². The minimum atomic E-state index is 0.410. The van der Waals surface area contributed by atoms with Crippen molar-refractivity contribution >= 4 is 43.6 Å². The number of hydrogen-bond acceptors (Lipinski definition) is 6. The van der Waals surface area contributed by atoms with E-state index in [1.54, 1.807) is 0 Å². The molecule has 3 aromatic heterocycles. The maximum absolute atomic E-state index is 10.7. The zero-order valence-corrected chi connectivity index (χ0v) is 52.8. The monoisotopic (exact) mass is 1250 g/mol. The molecule has 8 heteroatoms. The van der Waals surface area contributed by atoms with Gasteiger partial charge in [0.05, 0.1) is 68.3 Å². The molecule has 0 amide bonds. The molecule has 0 aliphatic rings. The Hall–Kier alpha value is -13.8. The molecular formula is C90H54N8. The Morgan fingerprint density at radius 3 is 0.898 bits per heavy atom. The predicted octanol–water partition coefficient (Wildman–Crippen LogP) is 22.4. The van der Waals surface area contributed by atoms with E-state index >= 15 is 0 Å². The molecular weight excluding hydrogens is 1190 g/mol. The first-order valence-electron chi connectivity index (χ1n) is 32.5. The summed E-state index contributed by atoms with van der Waals surface area (Å²) in [6.07, 6.45) is 0. The van der Waals surface area contributed by atoms with Crippen LogP contribution in [0.2, 0.25) is 0 Å². The van der Waals surface area contributed by atoms with Gasteiger partial charge in [-0.15, -0.1) is 0 Å². The van der Waals surface area contributed by atoms with Gasteiger partial charge in [-0.25, -0.2) is 15.0 Å². The lowest BCUT2D eigenvalue weighted by molar-refractivity contribution is 1.06. The molecule has 14 aromatic carbocycles. The fourth-order valence-corrected chi connectivity index (χ4v) is 13.9. The Labute approximate surface area is 566 Å². The molecule has 0 saturated heterocycles. The number of rotatable bonds is 12. The average molecular weight is 1250 g/mol. The first-order chi connectivity index (χ1) is 48.4. The van der Waals surface area contributed by atoms with Gasteiger partial charge in [0.2, 0.25) is 0 Å². The molecule has 0 spiro atoms. The Morgan fingerprint density at radius 2 is 0.520 bits per heavy atom. The molecule has 0 bridgehead atoms. The average Bonchev–Trinajstić information content (AvgIpc) is 1.54. The molecule has 0 fully saturated rings. The number of nitriles is 3. The van der Waals surface area contributed by atoms with Gasteiger partial charge in [-0.05, 0) is 181 Å². The summed E-state index contributed by atoms with van der Waals surface area (Å²) in [5.41, 5.74) is 23.2. The van der Waals surface area contributed by atoms with Crippen LogP contribution < -0.4 is 0 Å². The standard InChI is InChI=1S/C90H54N8/c91-55-58-32-34-63(35-33-58)64-28-17-29-71(48-64)88-94-89(76-42-36-69(74-30-15-13-26-72(74)56-92)53-86(76)97-82-44-38-65(59-18-5-1-6-19-59)49-78(82)79-50-66(39-45-83(79)97)60-20-7-2-8-21-60)96-90(95-88)77-43-37-70(75-31-16-14-27-73(75)57-93)54-87(77)98-84-46-40-67(61-22-9-3-10-23-61)51-80(84)81-52-68(41-47-85(81)98)62-24-11-4-12-25-62/h1-54H. The zero-order valence-electron chi connectivity index (χ0n) is 52.8. The molecule has 17 aromatic rings. The smallest absolute Gasteiger partial charge is 0.166 e. The fourth-order valence-electron chi connectivity index (χ4n) is 13.9. The fraction of sp³-hybridized carbons (Fsp3) is 0. The van der Waals surface area contributed by atoms with Gasteiger partial charge < -0.3 is 9.13 Å². The third-order valence-electron chi connectivity index (χ3n) is 18.7. The highest BCUT2D eigenvalue weighted by molar-refractivity contribution is 6.14. The summed E-state index contributed by atoms with van der Waals surface area (Å²) in [6.45, 7) is 0. The van der Waals surface area contributed by atoms with Crippen molar-refractivity contribution in [3.8, 4) is 142 Å². The van der Waals surface area contributed by atoms with Crippen LogP contribution in [-0.4, -0.2) is 24.1 Å². The van der Waals surface area contributed by atoms with Gasteiger partial charge in [-0.1, -0.05) is 224 Å². The van der Waals surface area contributed by atoms with Crippen molar-refractivity contribution in [2.24, 2.45) is 0 Å². The van der Waals surface area contributed by atoms with Gasteiger partial charge in [0.25, 0.3) is 0 Å². The first-order valence-corrected chi connectivity index (χ1v) is 32.5. The molecule has 3 heterocycles. The summed E-state index contributed by atoms with van der Waals surface area (Å²) in [4.78, 5) is 17.0. The number of fused-ring (bicyclic) bond motifs is 6. The van der Waals surface area contributed by atoms with Crippen LogP contribution >= 0.6 is 0 Å². The van der Waals surface area contributed by atoms with E-state index in [0.717, 1.165) is 138 Å². The molecule has 0 aliphatic carbocycles. The summed E-state index contributed by atoms with van der Waals surface area (Å²) in [7, 11) is 0. The van der Waals surface area contributed by atoms with Crippen LogP contribution in [0.15, 0.2) is 328 Å². The van der Waals surface area contributed by atoms with Crippen molar-refractivity contribution in [1.29, 1.82) is 15.8 Å². The summed E-state index contributed by atoms with van der Waals surface area (Å²) >= 11 is 0. The van der Waals surface area contributed by atoms with Crippen molar-refractivity contribution in [2.45, 2.75) is 0 Å². The van der Waals surface area contributed by atoms with Crippen LogP contribution in [-0.2, 0) is 0 Å². The normalized spacial score (nSPS) is 11.2. The second-order valence-electron chi connectivity index (χ2n) is 24.4. The molecule has 454 valence electrons.